The van der Waals surface area contributed by atoms with Crippen LogP contribution in [0.1, 0.15) is 10.4 Å². The second-order valence-corrected chi connectivity index (χ2v) is 5.83. The van der Waals surface area contributed by atoms with Gasteiger partial charge in [-0.05, 0) is 24.3 Å². The van der Waals surface area contributed by atoms with Gasteiger partial charge < -0.3 is 9.26 Å². The van der Waals surface area contributed by atoms with E-state index in [1.807, 2.05) is 36.4 Å². The second-order valence-electron chi connectivity index (χ2n) is 5.42. The molecule has 0 fully saturated rings. The van der Waals surface area contributed by atoms with Crippen LogP contribution in [0.25, 0.3) is 22.2 Å². The lowest BCUT2D eigenvalue weighted by Crippen LogP contribution is -2.08. The Balaban J connectivity index is 1.65. The first-order chi connectivity index (χ1) is 12.2. The van der Waals surface area contributed by atoms with E-state index >= 15 is 0 Å². The lowest BCUT2D eigenvalue weighted by molar-refractivity contribution is 0.0735. The molecule has 0 N–H and O–H groups in total. The van der Waals surface area contributed by atoms with Gasteiger partial charge in [-0.3, -0.25) is 0 Å². The Kier molecular flexibility index (Phi) is 3.96. The molecular formula is C20H12ClNO3. The van der Waals surface area contributed by atoms with Gasteiger partial charge in [-0.15, -0.1) is 0 Å². The minimum absolute atomic E-state index is 0.312. The van der Waals surface area contributed by atoms with Crippen molar-refractivity contribution in [1.29, 1.82) is 0 Å². The van der Waals surface area contributed by atoms with E-state index in [0.717, 1.165) is 16.6 Å². The van der Waals surface area contributed by atoms with Crippen molar-refractivity contribution in [2.24, 2.45) is 0 Å². The number of carbonyl (C=O) groups is 1. The first kappa shape index (κ1) is 15.4. The fraction of sp³-hybridized carbons (Fsp3) is 0. The van der Waals surface area contributed by atoms with Crippen LogP contribution in [0.5, 0.6) is 5.75 Å². The van der Waals surface area contributed by atoms with Gasteiger partial charge in [0.05, 0.1) is 10.6 Å². The van der Waals surface area contributed by atoms with Crippen LogP contribution in [0.15, 0.2) is 77.3 Å². The Morgan fingerprint density at radius 2 is 1.72 bits per heavy atom. The first-order valence-electron chi connectivity index (χ1n) is 7.64. The van der Waals surface area contributed by atoms with Crippen LogP contribution in [0.4, 0.5) is 0 Å². The summed E-state index contributed by atoms with van der Waals surface area (Å²) in [5, 5.41) is 5.32. The summed E-state index contributed by atoms with van der Waals surface area (Å²) in [4.78, 5) is 12.2. The number of aromatic nitrogens is 1. The van der Waals surface area contributed by atoms with E-state index in [0.29, 0.717) is 21.9 Å². The maximum atomic E-state index is 12.2. The first-order valence-corrected chi connectivity index (χ1v) is 8.02. The lowest BCUT2D eigenvalue weighted by Gasteiger charge is -2.05. The van der Waals surface area contributed by atoms with E-state index in [-0.39, 0.29) is 0 Å². The summed E-state index contributed by atoms with van der Waals surface area (Å²) >= 11 is 6.02. The maximum absolute atomic E-state index is 12.2. The van der Waals surface area contributed by atoms with Crippen molar-refractivity contribution in [3.63, 3.8) is 0 Å². The summed E-state index contributed by atoms with van der Waals surface area (Å²) in [6, 6.07) is 21.7. The molecule has 4 nitrogen and oxygen atoms in total. The molecule has 0 radical (unpaired) electrons. The van der Waals surface area contributed by atoms with Crippen LogP contribution >= 0.6 is 11.6 Å². The van der Waals surface area contributed by atoms with Gasteiger partial charge in [0.1, 0.15) is 11.4 Å². The van der Waals surface area contributed by atoms with Gasteiger partial charge in [-0.2, -0.15) is 0 Å². The molecule has 0 aliphatic rings. The van der Waals surface area contributed by atoms with Crippen LogP contribution in [-0.4, -0.2) is 11.1 Å². The van der Waals surface area contributed by atoms with Crippen LogP contribution in [-0.2, 0) is 0 Å². The molecule has 0 unspecified atom stereocenters. The van der Waals surface area contributed by atoms with Crippen molar-refractivity contribution in [2.45, 2.75) is 0 Å². The Morgan fingerprint density at radius 3 is 2.52 bits per heavy atom. The van der Waals surface area contributed by atoms with Gasteiger partial charge in [0.15, 0.2) is 5.58 Å². The van der Waals surface area contributed by atoms with Crippen LogP contribution < -0.4 is 4.74 Å². The average molecular weight is 350 g/mol. The Morgan fingerprint density at radius 1 is 0.960 bits per heavy atom. The minimum Gasteiger partial charge on any atom is -0.423 e. The zero-order valence-electron chi connectivity index (χ0n) is 13.0. The van der Waals surface area contributed by atoms with Crippen LogP contribution in [0, 0.1) is 0 Å². The minimum atomic E-state index is -0.521. The normalized spacial score (nSPS) is 10.8. The summed E-state index contributed by atoms with van der Waals surface area (Å²) < 4.78 is 10.8. The van der Waals surface area contributed by atoms with Crippen LogP contribution in [0.2, 0.25) is 5.02 Å². The molecule has 0 saturated heterocycles. The Hall–Kier alpha value is -3.11. The van der Waals surface area contributed by atoms with Gasteiger partial charge in [-0.25, -0.2) is 4.79 Å². The highest BCUT2D eigenvalue weighted by molar-refractivity contribution is 6.33. The van der Waals surface area contributed by atoms with E-state index in [9.17, 15) is 4.79 Å². The second kappa shape index (κ2) is 6.42. The number of benzene rings is 3. The quantitative estimate of drug-likeness (QED) is 0.368. The van der Waals surface area contributed by atoms with Crippen molar-refractivity contribution in [3.8, 4) is 17.0 Å². The van der Waals surface area contributed by atoms with Gasteiger partial charge in [-0.1, -0.05) is 59.2 Å². The summed E-state index contributed by atoms with van der Waals surface area (Å²) in [6.45, 7) is 0. The predicted molar refractivity (Wildman–Crippen MR) is 95.9 cm³/mol. The highest BCUT2D eigenvalue weighted by atomic mass is 35.5. The van der Waals surface area contributed by atoms with Gasteiger partial charge in [0.2, 0.25) is 0 Å². The molecule has 1 aromatic heterocycles. The number of halogens is 1. The lowest BCUT2D eigenvalue weighted by atomic mass is 10.1. The van der Waals surface area contributed by atoms with Crippen molar-refractivity contribution in [1.82, 2.24) is 5.16 Å². The molecular weight excluding hydrogens is 338 g/mol. The molecule has 3 aromatic carbocycles. The average Bonchev–Trinajstić information content (AvgIpc) is 3.06. The summed E-state index contributed by atoms with van der Waals surface area (Å²) in [5.41, 5.74) is 2.57. The molecule has 0 aliphatic heterocycles. The number of nitrogens with zero attached hydrogens (tertiary/aromatic N) is 1. The van der Waals surface area contributed by atoms with E-state index in [1.165, 1.54) is 0 Å². The maximum Gasteiger partial charge on any atom is 0.345 e. The zero-order valence-corrected chi connectivity index (χ0v) is 13.7. The highest BCUT2D eigenvalue weighted by Crippen LogP contribution is 2.30. The topological polar surface area (TPSA) is 52.3 Å². The van der Waals surface area contributed by atoms with E-state index in [4.69, 9.17) is 20.9 Å². The fourth-order valence-electron chi connectivity index (χ4n) is 2.57. The molecule has 0 amide bonds. The molecule has 4 rings (SSSR count). The zero-order chi connectivity index (χ0) is 17.2. The summed E-state index contributed by atoms with van der Waals surface area (Å²) in [5.74, 6) is -0.152. The molecule has 25 heavy (non-hydrogen) atoms. The number of fused-ring (bicyclic) bond motifs is 1. The molecule has 4 aromatic rings. The Labute approximate surface area is 148 Å². The number of rotatable bonds is 3. The third-order valence-corrected chi connectivity index (χ3v) is 4.12. The van der Waals surface area contributed by atoms with E-state index in [1.54, 1.807) is 36.4 Å². The van der Waals surface area contributed by atoms with Gasteiger partial charge >= 0.3 is 5.97 Å². The molecule has 1 heterocycles. The number of ether oxygens (including phenoxy) is 1. The number of esters is 1. The van der Waals surface area contributed by atoms with Crippen molar-refractivity contribution in [3.05, 3.63) is 83.4 Å². The molecule has 0 saturated carbocycles. The van der Waals surface area contributed by atoms with Gasteiger partial charge in [0.25, 0.3) is 0 Å². The largest absolute Gasteiger partial charge is 0.423 e. The van der Waals surface area contributed by atoms with E-state index in [2.05, 4.69) is 5.16 Å². The highest BCUT2D eigenvalue weighted by Gasteiger charge is 2.15. The predicted octanol–water partition coefficient (Wildman–Crippen LogP) is 5.37. The Bertz CT molecular complexity index is 1060. The molecule has 122 valence electrons. The molecule has 0 atom stereocenters. The van der Waals surface area contributed by atoms with Gasteiger partial charge in [0, 0.05) is 17.0 Å². The van der Waals surface area contributed by atoms with Crippen LogP contribution in [0.3, 0.4) is 0 Å². The number of carbonyl (C=O) groups excluding carboxylic acids is 1. The summed E-state index contributed by atoms with van der Waals surface area (Å²) in [6.07, 6.45) is 0. The standard InChI is InChI=1S/C20H12ClNO3/c21-17-9-5-4-8-15(17)20(23)24-14-10-11-16-18(12-14)25-22-19(16)13-6-2-1-3-7-13/h1-12H. The fourth-order valence-corrected chi connectivity index (χ4v) is 2.79. The van der Waals surface area contributed by atoms with Crippen molar-refractivity contribution >= 4 is 28.5 Å². The molecule has 0 spiro atoms. The molecule has 0 aliphatic carbocycles. The SMILES string of the molecule is O=C(Oc1ccc2c(-c3ccccc3)noc2c1)c1ccccc1Cl. The number of hydrogen-bond acceptors (Lipinski definition) is 4. The number of hydrogen-bond donors (Lipinski definition) is 0. The van der Waals surface area contributed by atoms with E-state index < -0.39 is 5.97 Å². The monoisotopic (exact) mass is 349 g/mol. The smallest absolute Gasteiger partial charge is 0.345 e. The summed E-state index contributed by atoms with van der Waals surface area (Å²) in [7, 11) is 0. The molecule has 5 heteroatoms. The molecule has 0 bridgehead atoms. The third-order valence-electron chi connectivity index (χ3n) is 3.80. The van der Waals surface area contributed by atoms with Crippen molar-refractivity contribution in [2.75, 3.05) is 0 Å². The third kappa shape index (κ3) is 2.99. The van der Waals surface area contributed by atoms with Crippen molar-refractivity contribution < 1.29 is 14.1 Å².